The predicted octanol–water partition coefficient (Wildman–Crippen LogP) is 5.41. The molecule has 4 rings (SSSR count). The molecule has 0 radical (unpaired) electrons. The number of ether oxygens (including phenoxy) is 2. The smallest absolute Gasteiger partial charge is 0.329 e. The number of carbonyl (C=O) groups excluding carboxylic acids is 2. The molecule has 1 aliphatic rings. The van der Waals surface area contributed by atoms with Crippen LogP contribution < -0.4 is 5.32 Å². The summed E-state index contributed by atoms with van der Waals surface area (Å²) >= 11 is 6.14. The van der Waals surface area contributed by atoms with E-state index < -0.39 is 12.0 Å². The van der Waals surface area contributed by atoms with E-state index in [1.165, 1.54) is 5.56 Å². The van der Waals surface area contributed by atoms with Crippen molar-refractivity contribution in [3.05, 3.63) is 106 Å². The lowest BCUT2D eigenvalue weighted by Gasteiger charge is -2.37. The molecule has 1 fully saturated rings. The molecule has 2 atom stereocenters. The van der Waals surface area contributed by atoms with E-state index in [9.17, 15) is 9.59 Å². The normalized spacial score (nSPS) is 15.3. The molecule has 0 aliphatic carbocycles. The van der Waals surface area contributed by atoms with Gasteiger partial charge in [0.1, 0.15) is 6.04 Å². The first-order chi connectivity index (χ1) is 19.4. The van der Waals surface area contributed by atoms with E-state index in [1.54, 1.807) is 11.8 Å². The molecule has 3 aromatic rings. The molecular formula is C32H38ClN3O4. The van der Waals surface area contributed by atoms with Crippen LogP contribution in [-0.4, -0.2) is 67.2 Å². The van der Waals surface area contributed by atoms with Crippen LogP contribution in [0.2, 0.25) is 5.02 Å². The number of urea groups is 1. The molecular weight excluding hydrogens is 526 g/mol. The fourth-order valence-electron chi connectivity index (χ4n) is 4.82. The molecule has 1 saturated heterocycles. The molecule has 7 nitrogen and oxygen atoms in total. The van der Waals surface area contributed by atoms with Gasteiger partial charge in [-0.05, 0) is 42.7 Å². The lowest BCUT2D eigenvalue weighted by atomic mass is 10.1. The summed E-state index contributed by atoms with van der Waals surface area (Å²) in [4.78, 5) is 29.8. The maximum Gasteiger partial charge on any atom is 0.329 e. The molecule has 40 heavy (non-hydrogen) atoms. The van der Waals surface area contributed by atoms with Crippen molar-refractivity contribution in [2.75, 3.05) is 39.3 Å². The number of benzene rings is 3. The maximum atomic E-state index is 13.1. The Morgan fingerprint density at radius 3 is 2.30 bits per heavy atom. The second-order valence-electron chi connectivity index (χ2n) is 10.1. The van der Waals surface area contributed by atoms with Gasteiger partial charge in [0.2, 0.25) is 0 Å². The Morgan fingerprint density at radius 1 is 0.925 bits per heavy atom. The number of nitrogens with zero attached hydrogens (tertiary/aromatic N) is 2. The topological polar surface area (TPSA) is 71.1 Å². The minimum Gasteiger partial charge on any atom is -0.464 e. The molecule has 0 unspecified atom stereocenters. The van der Waals surface area contributed by atoms with Gasteiger partial charge >= 0.3 is 12.0 Å². The highest BCUT2D eigenvalue weighted by Gasteiger charge is 2.28. The summed E-state index contributed by atoms with van der Waals surface area (Å²) in [6.07, 6.45) is 0.240. The van der Waals surface area contributed by atoms with E-state index in [-0.39, 0.29) is 18.7 Å². The summed E-state index contributed by atoms with van der Waals surface area (Å²) in [6.45, 7) is 7.82. The number of esters is 1. The Bertz CT molecular complexity index is 1230. The van der Waals surface area contributed by atoms with Gasteiger partial charge in [-0.3, -0.25) is 4.90 Å². The van der Waals surface area contributed by atoms with Crippen LogP contribution in [0.4, 0.5) is 4.79 Å². The van der Waals surface area contributed by atoms with E-state index in [0.29, 0.717) is 50.8 Å². The van der Waals surface area contributed by atoms with Gasteiger partial charge < -0.3 is 19.7 Å². The first kappa shape index (κ1) is 29.6. The molecule has 8 heteroatoms. The van der Waals surface area contributed by atoms with Crippen molar-refractivity contribution in [3.8, 4) is 0 Å². The Morgan fingerprint density at radius 2 is 1.62 bits per heavy atom. The van der Waals surface area contributed by atoms with Gasteiger partial charge in [-0.15, -0.1) is 0 Å². The number of hydrogen-bond acceptors (Lipinski definition) is 5. The lowest BCUT2D eigenvalue weighted by Crippen LogP contribution is -2.55. The van der Waals surface area contributed by atoms with Gasteiger partial charge in [-0.25, -0.2) is 9.59 Å². The quantitative estimate of drug-likeness (QED) is 0.316. The van der Waals surface area contributed by atoms with E-state index in [0.717, 1.165) is 16.7 Å². The van der Waals surface area contributed by atoms with Crippen molar-refractivity contribution in [1.29, 1.82) is 0 Å². The molecule has 0 saturated carbocycles. The second kappa shape index (κ2) is 14.8. The molecule has 1 aliphatic heterocycles. The third kappa shape index (κ3) is 8.81. The molecule has 3 aromatic carbocycles. The number of nitrogens with one attached hydrogen (secondary N) is 1. The van der Waals surface area contributed by atoms with Crippen LogP contribution in [0.1, 0.15) is 35.3 Å². The highest BCUT2D eigenvalue weighted by molar-refractivity contribution is 6.30. The predicted molar refractivity (Wildman–Crippen MR) is 157 cm³/mol. The van der Waals surface area contributed by atoms with Gasteiger partial charge in [-0.1, -0.05) is 83.9 Å². The van der Waals surface area contributed by atoms with Gasteiger partial charge in [0.05, 0.1) is 19.3 Å². The molecule has 1 heterocycles. The fourth-order valence-corrected chi connectivity index (χ4v) is 4.95. The molecule has 0 spiro atoms. The molecule has 0 bridgehead atoms. The number of hydrogen-bond donors (Lipinski definition) is 1. The Balaban J connectivity index is 1.34. The van der Waals surface area contributed by atoms with Gasteiger partial charge in [0, 0.05) is 44.2 Å². The summed E-state index contributed by atoms with van der Waals surface area (Å²) in [7, 11) is 0. The maximum absolute atomic E-state index is 13.1. The van der Waals surface area contributed by atoms with Crippen LogP contribution in [-0.2, 0) is 27.3 Å². The fraction of sp³-hybridized carbons (Fsp3) is 0.375. The molecule has 212 valence electrons. The zero-order chi connectivity index (χ0) is 28.3. The summed E-state index contributed by atoms with van der Waals surface area (Å²) < 4.78 is 11.6. The van der Waals surface area contributed by atoms with Crippen molar-refractivity contribution >= 4 is 23.6 Å². The average Bonchev–Trinajstić information content (AvgIpc) is 2.96. The van der Waals surface area contributed by atoms with Crippen molar-refractivity contribution in [1.82, 2.24) is 15.1 Å². The Labute approximate surface area is 242 Å². The van der Waals surface area contributed by atoms with E-state index >= 15 is 0 Å². The monoisotopic (exact) mass is 563 g/mol. The zero-order valence-electron chi connectivity index (χ0n) is 23.2. The first-order valence-corrected chi connectivity index (χ1v) is 14.2. The largest absolute Gasteiger partial charge is 0.464 e. The summed E-state index contributed by atoms with van der Waals surface area (Å²) in [5.74, 6) is -0.421. The van der Waals surface area contributed by atoms with Crippen molar-refractivity contribution < 1.29 is 19.1 Å². The van der Waals surface area contributed by atoms with Crippen molar-refractivity contribution in [3.63, 3.8) is 0 Å². The number of piperazine rings is 1. The third-order valence-corrected chi connectivity index (χ3v) is 7.26. The number of amides is 2. The third-order valence-electron chi connectivity index (χ3n) is 7.01. The number of carbonyl (C=O) groups is 2. The minimum atomic E-state index is -0.739. The zero-order valence-corrected chi connectivity index (χ0v) is 24.0. The van der Waals surface area contributed by atoms with Crippen LogP contribution in [0.25, 0.3) is 0 Å². The lowest BCUT2D eigenvalue weighted by molar-refractivity contribution is -0.145. The second-order valence-corrected chi connectivity index (χ2v) is 10.5. The van der Waals surface area contributed by atoms with Gasteiger partial charge in [0.25, 0.3) is 0 Å². The van der Waals surface area contributed by atoms with E-state index in [1.807, 2.05) is 60.7 Å². The summed E-state index contributed by atoms with van der Waals surface area (Å²) in [5.41, 5.74) is 4.36. The van der Waals surface area contributed by atoms with Gasteiger partial charge in [0.15, 0.2) is 0 Å². The number of rotatable bonds is 11. The summed E-state index contributed by atoms with van der Waals surface area (Å²) in [6, 6.07) is 24.8. The van der Waals surface area contributed by atoms with Crippen molar-refractivity contribution in [2.45, 2.75) is 39.0 Å². The van der Waals surface area contributed by atoms with Crippen LogP contribution in [0.15, 0.2) is 78.9 Å². The number of halogens is 1. The summed E-state index contributed by atoms with van der Waals surface area (Å²) in [5, 5.41) is 3.60. The molecule has 0 aromatic heterocycles. The SMILES string of the molecule is CCOC(=O)[C@H](Cc1ccccc1)NC(=O)N1CCN(C[C@H](OCc2cccc(C)c2)c2ccc(Cl)cc2)CC1. The highest BCUT2D eigenvalue weighted by Crippen LogP contribution is 2.23. The van der Waals surface area contributed by atoms with Gasteiger partial charge in [-0.2, -0.15) is 0 Å². The standard InChI is InChI=1S/C32H38ClN3O4/c1-3-39-31(37)29(21-25-9-5-4-6-10-25)34-32(38)36-18-16-35(17-19-36)22-30(27-12-14-28(33)15-13-27)40-23-26-11-7-8-24(2)20-26/h4-15,20,29-30H,3,16-19,21-23H2,1-2H3,(H,34,38)/t29-,30-/m0/s1. The minimum absolute atomic E-state index is 0.141. The highest BCUT2D eigenvalue weighted by atomic mass is 35.5. The molecule has 2 amide bonds. The first-order valence-electron chi connectivity index (χ1n) is 13.8. The molecule has 1 N–H and O–H groups in total. The Hall–Kier alpha value is -3.39. The van der Waals surface area contributed by atoms with Crippen LogP contribution >= 0.6 is 11.6 Å². The van der Waals surface area contributed by atoms with Crippen LogP contribution in [0.3, 0.4) is 0 Å². The van der Waals surface area contributed by atoms with E-state index in [2.05, 4.69) is 35.3 Å². The van der Waals surface area contributed by atoms with E-state index in [4.69, 9.17) is 21.1 Å². The number of aryl methyl sites for hydroxylation is 1. The van der Waals surface area contributed by atoms with Crippen LogP contribution in [0, 0.1) is 6.92 Å². The Kier molecular flexibility index (Phi) is 11.0. The average molecular weight is 564 g/mol. The van der Waals surface area contributed by atoms with Crippen LogP contribution in [0.5, 0.6) is 0 Å². The van der Waals surface area contributed by atoms with Crippen molar-refractivity contribution in [2.24, 2.45) is 0 Å².